The highest BCUT2D eigenvalue weighted by Gasteiger charge is 2.39. The molecule has 1 aliphatic carbocycles. The number of alkyl halides is 2. The third-order valence-electron chi connectivity index (χ3n) is 5.87. The number of carbonyl (C=O) groups excluding carboxylic acids is 2. The molecule has 2 aromatic rings. The summed E-state index contributed by atoms with van der Waals surface area (Å²) in [7, 11) is 0. The Bertz CT molecular complexity index is 1150. The van der Waals surface area contributed by atoms with Crippen molar-refractivity contribution in [1.82, 2.24) is 4.90 Å². The minimum absolute atomic E-state index is 0.00730. The van der Waals surface area contributed by atoms with E-state index in [0.717, 1.165) is 19.3 Å². The van der Waals surface area contributed by atoms with Crippen LogP contribution in [-0.4, -0.2) is 40.3 Å². The second-order valence-electron chi connectivity index (χ2n) is 8.45. The van der Waals surface area contributed by atoms with E-state index in [1.54, 1.807) is 11.0 Å². The first-order valence-corrected chi connectivity index (χ1v) is 12.6. The van der Waals surface area contributed by atoms with Gasteiger partial charge in [0.1, 0.15) is 16.8 Å². The summed E-state index contributed by atoms with van der Waals surface area (Å²) < 4.78 is 43.1. The van der Waals surface area contributed by atoms with Crippen LogP contribution in [0.1, 0.15) is 38.5 Å². The Hall–Kier alpha value is -3.27. The van der Waals surface area contributed by atoms with Crippen molar-refractivity contribution in [3.63, 3.8) is 0 Å². The van der Waals surface area contributed by atoms with Crippen molar-refractivity contribution in [2.24, 2.45) is 4.99 Å². The number of rotatable bonds is 9. The van der Waals surface area contributed by atoms with Crippen molar-refractivity contribution in [2.45, 2.75) is 50.4 Å². The van der Waals surface area contributed by atoms with Gasteiger partial charge in [-0.2, -0.15) is 8.78 Å². The molecule has 1 atom stereocenters. The number of halogens is 3. The van der Waals surface area contributed by atoms with E-state index in [1.165, 1.54) is 66.2 Å². The van der Waals surface area contributed by atoms with Crippen LogP contribution < -0.4 is 10.1 Å². The van der Waals surface area contributed by atoms with Crippen molar-refractivity contribution in [3.05, 3.63) is 66.0 Å². The van der Waals surface area contributed by atoms with Gasteiger partial charge in [-0.1, -0.05) is 35.5 Å². The summed E-state index contributed by atoms with van der Waals surface area (Å²) in [5.41, 5.74) is 1.82. The zero-order valence-electron chi connectivity index (χ0n) is 19.5. The van der Waals surface area contributed by atoms with Gasteiger partial charge in [-0.3, -0.25) is 14.5 Å². The van der Waals surface area contributed by atoms with E-state index in [2.05, 4.69) is 21.1 Å². The number of nitrogens with one attached hydrogen (secondary N) is 1. The van der Waals surface area contributed by atoms with Crippen LogP contribution in [0.15, 0.2) is 65.2 Å². The fourth-order valence-corrected chi connectivity index (χ4v) is 5.25. The summed E-state index contributed by atoms with van der Waals surface area (Å²) in [6.07, 6.45) is 7.11. The number of anilines is 1. The van der Waals surface area contributed by atoms with Crippen LogP contribution in [0.5, 0.6) is 5.75 Å². The maximum absolute atomic E-state index is 13.9. The van der Waals surface area contributed by atoms with Gasteiger partial charge >= 0.3 is 6.61 Å². The largest absolute Gasteiger partial charge is 0.435 e. The van der Waals surface area contributed by atoms with Gasteiger partial charge < -0.3 is 10.1 Å². The molecule has 1 N–H and O–H groups in total. The maximum Gasteiger partial charge on any atom is 0.387 e. The number of nitrogens with zero attached hydrogens (tertiary/aromatic N) is 2. The van der Waals surface area contributed by atoms with Crippen molar-refractivity contribution in [2.75, 3.05) is 11.9 Å². The fourth-order valence-electron chi connectivity index (χ4n) is 4.06. The molecule has 2 aromatic carbocycles. The lowest BCUT2D eigenvalue weighted by Gasteiger charge is -2.19. The second kappa shape index (κ2) is 12.1. The predicted octanol–water partition coefficient (Wildman–Crippen LogP) is 6.28. The fraction of sp³-hybridized carbons (Fsp3) is 0.346. The lowest BCUT2D eigenvalue weighted by Crippen LogP contribution is -2.34. The first-order valence-electron chi connectivity index (χ1n) is 11.7. The molecule has 10 heteroatoms. The molecule has 1 saturated heterocycles. The Morgan fingerprint density at radius 3 is 2.64 bits per heavy atom. The number of amides is 2. The number of hydrogen-bond acceptors (Lipinski definition) is 5. The first-order chi connectivity index (χ1) is 17.4. The summed E-state index contributed by atoms with van der Waals surface area (Å²) >= 11 is 1.17. The number of amidine groups is 1. The third kappa shape index (κ3) is 6.90. The van der Waals surface area contributed by atoms with E-state index < -0.39 is 23.6 Å². The quantitative estimate of drug-likeness (QED) is 0.398. The smallest absolute Gasteiger partial charge is 0.387 e. The normalized spacial score (nSPS) is 19.1. The molecule has 6 nitrogen and oxygen atoms in total. The summed E-state index contributed by atoms with van der Waals surface area (Å²) in [5, 5.41) is 2.24. The first kappa shape index (κ1) is 25.8. The number of carbonyl (C=O) groups is 2. The molecule has 0 spiro atoms. The van der Waals surface area contributed by atoms with Gasteiger partial charge in [0, 0.05) is 13.0 Å². The molecule has 36 heavy (non-hydrogen) atoms. The van der Waals surface area contributed by atoms with Crippen LogP contribution in [0.2, 0.25) is 0 Å². The number of aliphatic imine (C=N–C) groups is 1. The molecular weight excluding hydrogens is 491 g/mol. The average molecular weight is 518 g/mol. The Labute approximate surface area is 211 Å². The molecule has 0 saturated carbocycles. The van der Waals surface area contributed by atoms with Crippen LogP contribution in [0, 0.1) is 5.82 Å². The minimum atomic E-state index is -2.92. The zero-order valence-corrected chi connectivity index (χ0v) is 20.3. The number of benzene rings is 2. The Morgan fingerprint density at radius 1 is 1.17 bits per heavy atom. The molecule has 1 aliphatic heterocycles. The van der Waals surface area contributed by atoms with Gasteiger partial charge in [0.25, 0.3) is 0 Å². The number of hydrogen-bond donors (Lipinski definition) is 1. The van der Waals surface area contributed by atoms with Crippen LogP contribution in [0.25, 0.3) is 0 Å². The van der Waals surface area contributed by atoms with E-state index in [4.69, 9.17) is 0 Å². The van der Waals surface area contributed by atoms with Crippen molar-refractivity contribution in [3.8, 4) is 5.75 Å². The Balaban J connectivity index is 1.49. The third-order valence-corrected chi connectivity index (χ3v) is 7.04. The SMILES string of the molecule is O=C(C[C@H]1SC(=Nc2ccc(OC(F)F)cc2)N(CCC2=CCCCC2)C1=O)Nc1ccccc1F. The second-order valence-corrected chi connectivity index (χ2v) is 9.62. The number of ether oxygens (including phenoxy) is 1. The predicted molar refractivity (Wildman–Crippen MR) is 134 cm³/mol. The topological polar surface area (TPSA) is 71.0 Å². The molecule has 0 unspecified atom stereocenters. The summed E-state index contributed by atoms with van der Waals surface area (Å²) in [6, 6.07) is 11.6. The van der Waals surface area contributed by atoms with Crippen LogP contribution in [0.3, 0.4) is 0 Å². The number of allylic oxidation sites excluding steroid dienone is 1. The highest BCUT2D eigenvalue weighted by atomic mass is 32.2. The molecule has 2 aliphatic rings. The standard InChI is InChI=1S/C26H26F3N3O3S/c27-20-8-4-5-9-21(20)31-23(33)16-22-24(34)32(15-14-17-6-2-1-3-7-17)26(36-22)30-18-10-12-19(13-11-18)35-25(28)29/h4-6,8-13,22,25H,1-3,7,14-16H2,(H,31,33)/t22-/m1/s1. The van der Waals surface area contributed by atoms with E-state index >= 15 is 0 Å². The molecule has 190 valence electrons. The van der Waals surface area contributed by atoms with Gasteiger partial charge in [-0.15, -0.1) is 0 Å². The molecule has 0 radical (unpaired) electrons. The molecule has 2 amide bonds. The van der Waals surface area contributed by atoms with Gasteiger partial charge in [-0.25, -0.2) is 9.38 Å². The zero-order chi connectivity index (χ0) is 25.5. The number of thioether (sulfide) groups is 1. The Kier molecular flexibility index (Phi) is 8.69. The summed E-state index contributed by atoms with van der Waals surface area (Å²) in [6.45, 7) is -2.50. The summed E-state index contributed by atoms with van der Waals surface area (Å²) in [4.78, 5) is 32.0. The number of para-hydroxylation sites is 1. The average Bonchev–Trinajstić information content (AvgIpc) is 3.14. The monoisotopic (exact) mass is 517 g/mol. The molecule has 1 fully saturated rings. The molecule has 0 bridgehead atoms. The van der Waals surface area contributed by atoms with Crippen molar-refractivity contribution in [1.29, 1.82) is 0 Å². The molecular formula is C26H26F3N3O3S. The lowest BCUT2D eigenvalue weighted by atomic mass is 9.97. The minimum Gasteiger partial charge on any atom is -0.435 e. The molecule has 4 rings (SSSR count). The molecule has 1 heterocycles. The maximum atomic E-state index is 13.9. The van der Waals surface area contributed by atoms with Gasteiger partial charge in [-0.05, 0) is 68.5 Å². The lowest BCUT2D eigenvalue weighted by molar-refractivity contribution is -0.128. The van der Waals surface area contributed by atoms with Crippen LogP contribution in [0.4, 0.5) is 24.5 Å². The van der Waals surface area contributed by atoms with E-state index in [1.807, 2.05) is 0 Å². The van der Waals surface area contributed by atoms with Gasteiger partial charge in [0.15, 0.2) is 5.17 Å². The highest BCUT2D eigenvalue weighted by Crippen LogP contribution is 2.33. The van der Waals surface area contributed by atoms with Crippen molar-refractivity contribution >= 4 is 40.1 Å². The Morgan fingerprint density at radius 2 is 1.94 bits per heavy atom. The van der Waals surface area contributed by atoms with E-state index in [9.17, 15) is 22.8 Å². The van der Waals surface area contributed by atoms with Crippen molar-refractivity contribution < 1.29 is 27.5 Å². The molecule has 0 aromatic heterocycles. The van der Waals surface area contributed by atoms with E-state index in [0.29, 0.717) is 23.8 Å². The van der Waals surface area contributed by atoms with Gasteiger partial charge in [0.2, 0.25) is 11.8 Å². The highest BCUT2D eigenvalue weighted by molar-refractivity contribution is 8.15. The van der Waals surface area contributed by atoms with Gasteiger partial charge in [0.05, 0.1) is 11.4 Å². The van der Waals surface area contributed by atoms with Crippen LogP contribution >= 0.6 is 11.8 Å². The van der Waals surface area contributed by atoms with Crippen LogP contribution in [-0.2, 0) is 9.59 Å². The van der Waals surface area contributed by atoms with E-state index in [-0.39, 0.29) is 23.8 Å². The summed E-state index contributed by atoms with van der Waals surface area (Å²) in [5.74, 6) is -1.26.